The molecule has 30 heavy (non-hydrogen) atoms. The Kier molecular flexibility index (Phi) is 7.87. The Morgan fingerprint density at radius 3 is 2.03 bits per heavy atom. The lowest BCUT2D eigenvalue weighted by Gasteiger charge is -2.28. The van der Waals surface area contributed by atoms with Gasteiger partial charge in [-0.15, -0.1) is 12.4 Å². The number of benzene rings is 2. The Hall–Kier alpha value is -2.57. The molecule has 7 heteroatoms. The van der Waals surface area contributed by atoms with E-state index in [9.17, 15) is 4.79 Å². The predicted molar refractivity (Wildman–Crippen MR) is 123 cm³/mol. The Bertz CT molecular complexity index is 891. The highest BCUT2D eigenvalue weighted by atomic mass is 35.5. The van der Waals surface area contributed by atoms with Gasteiger partial charge in [-0.05, 0) is 49.9 Å². The number of rotatable bonds is 6. The average Bonchev–Trinajstić information content (AvgIpc) is 2.96. The normalized spacial score (nSPS) is 15.9. The number of anilines is 2. The third-order valence-corrected chi connectivity index (χ3v) is 5.39. The Morgan fingerprint density at radius 1 is 1.03 bits per heavy atom. The standard InChI is InChI=1S/C23H29N3O3.ClH/c1-15-7-5-8-16(2)21(15)25-14-19(13-20(28)29-12-11-27)26(23(25)24)22-17(3)9-6-10-18(22)4;/h5-10,19,24,27H,11-14H2,1-4H3;1H. The number of esters is 1. The van der Waals surface area contributed by atoms with Gasteiger partial charge in [-0.3, -0.25) is 10.2 Å². The van der Waals surface area contributed by atoms with Crippen molar-refractivity contribution < 1.29 is 14.6 Å². The van der Waals surface area contributed by atoms with Crippen LogP contribution in [-0.2, 0) is 9.53 Å². The molecule has 1 heterocycles. The number of para-hydroxylation sites is 2. The fraction of sp³-hybridized carbons (Fsp3) is 0.391. The molecule has 162 valence electrons. The maximum absolute atomic E-state index is 12.3. The van der Waals surface area contributed by atoms with E-state index in [1.54, 1.807) is 0 Å². The number of halogens is 1. The highest BCUT2D eigenvalue weighted by Crippen LogP contribution is 2.36. The van der Waals surface area contributed by atoms with E-state index < -0.39 is 0 Å². The van der Waals surface area contributed by atoms with Gasteiger partial charge >= 0.3 is 5.97 Å². The van der Waals surface area contributed by atoms with E-state index in [0.717, 1.165) is 33.6 Å². The minimum Gasteiger partial charge on any atom is -0.463 e. The SMILES string of the molecule is Cc1cccc(C)c1N1CC(CC(=O)OCCO)N(c2c(C)cccc2C)C1=N.Cl. The molecule has 3 rings (SSSR count). The number of hydrogen-bond donors (Lipinski definition) is 2. The number of nitrogens with one attached hydrogen (secondary N) is 1. The van der Waals surface area contributed by atoms with Crippen molar-refractivity contribution in [2.24, 2.45) is 0 Å². The Balaban J connectivity index is 0.00000320. The molecule has 2 aromatic carbocycles. The largest absolute Gasteiger partial charge is 0.463 e. The first kappa shape index (κ1) is 23.7. The second kappa shape index (κ2) is 9.96. The monoisotopic (exact) mass is 431 g/mol. The fourth-order valence-corrected chi connectivity index (χ4v) is 4.15. The van der Waals surface area contributed by atoms with Gasteiger partial charge in [-0.2, -0.15) is 0 Å². The molecule has 0 aliphatic carbocycles. The quantitative estimate of drug-likeness (QED) is 0.678. The average molecular weight is 432 g/mol. The molecule has 1 unspecified atom stereocenters. The van der Waals surface area contributed by atoms with Crippen molar-refractivity contribution in [2.45, 2.75) is 40.2 Å². The number of carbonyl (C=O) groups is 1. The second-order valence-corrected chi connectivity index (χ2v) is 7.59. The van der Waals surface area contributed by atoms with Crippen molar-refractivity contribution in [1.82, 2.24) is 0 Å². The summed E-state index contributed by atoms with van der Waals surface area (Å²) in [6.45, 7) is 8.46. The van der Waals surface area contributed by atoms with E-state index >= 15 is 0 Å². The Labute approximate surface area is 184 Å². The van der Waals surface area contributed by atoms with Crippen molar-refractivity contribution >= 4 is 35.7 Å². The van der Waals surface area contributed by atoms with Crippen LogP contribution >= 0.6 is 12.4 Å². The summed E-state index contributed by atoms with van der Waals surface area (Å²) in [5.41, 5.74) is 6.30. The number of guanidine groups is 1. The molecule has 1 aliphatic rings. The third kappa shape index (κ3) is 4.60. The van der Waals surface area contributed by atoms with Gasteiger partial charge in [-0.1, -0.05) is 36.4 Å². The van der Waals surface area contributed by atoms with Crippen LogP contribution < -0.4 is 9.80 Å². The van der Waals surface area contributed by atoms with E-state index in [-0.39, 0.29) is 44.1 Å². The molecule has 0 aromatic heterocycles. The van der Waals surface area contributed by atoms with Crippen LogP contribution in [0.5, 0.6) is 0 Å². The zero-order valence-corrected chi connectivity index (χ0v) is 18.8. The van der Waals surface area contributed by atoms with Crippen molar-refractivity contribution in [2.75, 3.05) is 29.6 Å². The Morgan fingerprint density at radius 2 is 1.53 bits per heavy atom. The number of aliphatic hydroxyl groups is 1. The maximum atomic E-state index is 12.3. The molecule has 0 radical (unpaired) electrons. The van der Waals surface area contributed by atoms with Crippen LogP contribution in [0, 0.1) is 33.1 Å². The van der Waals surface area contributed by atoms with Crippen LogP contribution in [0.1, 0.15) is 28.7 Å². The van der Waals surface area contributed by atoms with Crippen LogP contribution in [0.15, 0.2) is 36.4 Å². The summed E-state index contributed by atoms with van der Waals surface area (Å²) in [4.78, 5) is 16.3. The smallest absolute Gasteiger partial charge is 0.308 e. The number of hydrogen-bond acceptors (Lipinski definition) is 4. The lowest BCUT2D eigenvalue weighted by molar-refractivity contribution is -0.144. The molecular weight excluding hydrogens is 402 g/mol. The molecule has 1 fully saturated rings. The van der Waals surface area contributed by atoms with Gasteiger partial charge < -0.3 is 19.6 Å². The van der Waals surface area contributed by atoms with Gasteiger partial charge in [0.2, 0.25) is 5.96 Å². The van der Waals surface area contributed by atoms with Gasteiger partial charge in [0, 0.05) is 17.9 Å². The van der Waals surface area contributed by atoms with Crippen LogP contribution in [-0.4, -0.2) is 42.8 Å². The first-order chi connectivity index (χ1) is 13.8. The van der Waals surface area contributed by atoms with Crippen molar-refractivity contribution in [3.63, 3.8) is 0 Å². The van der Waals surface area contributed by atoms with Crippen molar-refractivity contribution in [3.05, 3.63) is 58.7 Å². The summed E-state index contributed by atoms with van der Waals surface area (Å²) in [5.74, 6) is -0.00352. The van der Waals surface area contributed by atoms with Crippen molar-refractivity contribution in [3.8, 4) is 0 Å². The highest BCUT2D eigenvalue weighted by Gasteiger charge is 2.39. The van der Waals surface area contributed by atoms with E-state index in [1.165, 1.54) is 0 Å². The molecular formula is C23H30ClN3O3. The number of nitrogens with zero attached hydrogens (tertiary/aromatic N) is 2. The van der Waals surface area contributed by atoms with Gasteiger partial charge in [0.15, 0.2) is 0 Å². The minimum atomic E-state index is -0.364. The third-order valence-electron chi connectivity index (χ3n) is 5.39. The molecule has 0 amide bonds. The molecule has 6 nitrogen and oxygen atoms in total. The zero-order valence-electron chi connectivity index (χ0n) is 17.9. The summed E-state index contributed by atoms with van der Waals surface area (Å²) >= 11 is 0. The number of aryl methyl sites for hydroxylation is 4. The van der Waals surface area contributed by atoms with Gasteiger partial charge in [0.05, 0.1) is 19.1 Å². The lowest BCUT2D eigenvalue weighted by atomic mass is 10.1. The molecule has 0 bridgehead atoms. The van der Waals surface area contributed by atoms with Crippen molar-refractivity contribution in [1.29, 1.82) is 5.41 Å². The first-order valence-electron chi connectivity index (χ1n) is 9.89. The summed E-state index contributed by atoms with van der Waals surface area (Å²) < 4.78 is 5.12. The van der Waals surface area contributed by atoms with E-state index in [0.29, 0.717) is 12.5 Å². The second-order valence-electron chi connectivity index (χ2n) is 7.59. The maximum Gasteiger partial charge on any atom is 0.308 e. The number of aliphatic hydroxyl groups excluding tert-OH is 1. The van der Waals surface area contributed by atoms with E-state index in [1.807, 2.05) is 73.9 Å². The predicted octanol–water partition coefficient (Wildman–Crippen LogP) is 3.90. The van der Waals surface area contributed by atoms with Crippen LogP contribution in [0.3, 0.4) is 0 Å². The van der Waals surface area contributed by atoms with E-state index in [4.69, 9.17) is 15.3 Å². The van der Waals surface area contributed by atoms with Gasteiger partial charge in [0.25, 0.3) is 0 Å². The zero-order chi connectivity index (χ0) is 21.1. The summed E-state index contributed by atoms with van der Waals surface area (Å²) in [6.07, 6.45) is 0.150. The molecule has 1 saturated heterocycles. The van der Waals surface area contributed by atoms with Gasteiger partial charge in [-0.25, -0.2) is 0 Å². The van der Waals surface area contributed by atoms with Crippen LogP contribution in [0.25, 0.3) is 0 Å². The number of ether oxygens (including phenoxy) is 1. The van der Waals surface area contributed by atoms with Crippen LogP contribution in [0.2, 0.25) is 0 Å². The minimum absolute atomic E-state index is 0. The highest BCUT2D eigenvalue weighted by molar-refractivity contribution is 6.10. The number of carbonyl (C=O) groups excluding carboxylic acids is 1. The topological polar surface area (TPSA) is 76.9 Å². The van der Waals surface area contributed by atoms with Gasteiger partial charge in [0.1, 0.15) is 6.61 Å². The fourth-order valence-electron chi connectivity index (χ4n) is 4.15. The summed E-state index contributed by atoms with van der Waals surface area (Å²) in [5, 5.41) is 17.9. The molecule has 0 spiro atoms. The lowest BCUT2D eigenvalue weighted by Crippen LogP contribution is -2.38. The molecule has 1 atom stereocenters. The molecule has 1 aliphatic heterocycles. The first-order valence-corrected chi connectivity index (χ1v) is 9.89. The summed E-state index contributed by atoms with van der Waals surface area (Å²) in [6, 6.07) is 11.9. The molecule has 0 saturated carbocycles. The molecule has 2 N–H and O–H groups in total. The van der Waals surface area contributed by atoms with Crippen LogP contribution in [0.4, 0.5) is 11.4 Å². The van der Waals surface area contributed by atoms with E-state index in [2.05, 4.69) is 0 Å². The summed E-state index contributed by atoms with van der Waals surface area (Å²) in [7, 11) is 0. The molecule has 2 aromatic rings.